The van der Waals surface area contributed by atoms with Crippen LogP contribution in [0.1, 0.15) is 44.9 Å². The Morgan fingerprint density at radius 3 is 2.60 bits per heavy atom. The molecule has 0 aliphatic heterocycles. The van der Waals surface area contributed by atoms with Crippen LogP contribution in [0.15, 0.2) is 4.52 Å². The number of nitrogens with two attached hydrogens (primary N) is 1. The maximum Gasteiger partial charge on any atom is 0.232 e. The molecular formula is C10H19N3OS. The lowest BCUT2D eigenvalue weighted by molar-refractivity contribution is 0.317. The lowest BCUT2D eigenvalue weighted by Crippen LogP contribution is -2.15. The van der Waals surface area contributed by atoms with E-state index in [1.165, 1.54) is 0 Å². The lowest BCUT2D eigenvalue weighted by atomic mass is 9.97. The molecule has 1 unspecified atom stereocenters. The van der Waals surface area contributed by atoms with Crippen LogP contribution in [-0.2, 0) is 5.41 Å². The molecule has 5 heteroatoms. The van der Waals surface area contributed by atoms with E-state index in [1.807, 2.05) is 20.8 Å². The van der Waals surface area contributed by atoms with Gasteiger partial charge < -0.3 is 10.3 Å². The van der Waals surface area contributed by atoms with E-state index >= 15 is 0 Å². The molecule has 0 radical (unpaired) electrons. The van der Waals surface area contributed by atoms with Crippen LogP contribution in [0, 0.1) is 0 Å². The monoisotopic (exact) mass is 229 g/mol. The number of nitrogens with zero attached hydrogens (tertiary/aromatic N) is 2. The molecule has 0 aromatic carbocycles. The number of hydrogen-bond acceptors (Lipinski definition) is 5. The Balaban J connectivity index is 2.67. The Morgan fingerprint density at radius 2 is 2.13 bits per heavy atom. The molecule has 4 nitrogen and oxygen atoms in total. The molecule has 2 N–H and O–H groups in total. The zero-order chi connectivity index (χ0) is 11.5. The van der Waals surface area contributed by atoms with Gasteiger partial charge in [0.05, 0.1) is 6.04 Å². The van der Waals surface area contributed by atoms with Crippen molar-refractivity contribution in [2.24, 2.45) is 5.73 Å². The molecule has 0 spiro atoms. The fourth-order valence-corrected chi connectivity index (χ4v) is 1.55. The van der Waals surface area contributed by atoms with Crippen LogP contribution in [-0.4, -0.2) is 22.1 Å². The Labute approximate surface area is 95.0 Å². The third-order valence-electron chi connectivity index (χ3n) is 2.05. The summed E-state index contributed by atoms with van der Waals surface area (Å²) >= 11 is 1.77. The third kappa shape index (κ3) is 3.50. The molecule has 1 heterocycles. The molecule has 0 bridgehead atoms. The van der Waals surface area contributed by atoms with E-state index in [0.717, 1.165) is 12.2 Å². The van der Waals surface area contributed by atoms with E-state index in [2.05, 4.69) is 16.4 Å². The summed E-state index contributed by atoms with van der Waals surface area (Å²) in [5.74, 6) is 2.28. The van der Waals surface area contributed by atoms with E-state index in [4.69, 9.17) is 10.3 Å². The summed E-state index contributed by atoms with van der Waals surface area (Å²) in [5.41, 5.74) is 5.83. The minimum atomic E-state index is -0.114. The van der Waals surface area contributed by atoms with Crippen molar-refractivity contribution in [1.82, 2.24) is 10.1 Å². The second-order valence-electron chi connectivity index (χ2n) is 4.60. The van der Waals surface area contributed by atoms with Crippen molar-refractivity contribution in [3.63, 3.8) is 0 Å². The van der Waals surface area contributed by atoms with Crippen molar-refractivity contribution in [1.29, 1.82) is 0 Å². The Bertz CT molecular complexity index is 306. The van der Waals surface area contributed by atoms with Crippen LogP contribution < -0.4 is 5.73 Å². The van der Waals surface area contributed by atoms with Crippen molar-refractivity contribution in [2.45, 2.75) is 38.6 Å². The molecule has 1 atom stereocenters. The molecule has 0 aliphatic rings. The van der Waals surface area contributed by atoms with Crippen LogP contribution in [0.3, 0.4) is 0 Å². The largest absolute Gasteiger partial charge is 0.339 e. The number of hydrogen-bond donors (Lipinski definition) is 1. The van der Waals surface area contributed by atoms with E-state index in [9.17, 15) is 0 Å². The average molecular weight is 229 g/mol. The quantitative estimate of drug-likeness (QED) is 0.856. The average Bonchev–Trinajstić information content (AvgIpc) is 2.62. The first-order chi connectivity index (χ1) is 6.95. The van der Waals surface area contributed by atoms with Gasteiger partial charge in [-0.05, 0) is 18.4 Å². The van der Waals surface area contributed by atoms with E-state index < -0.39 is 0 Å². The standard InChI is InChI=1S/C10H19N3OS/c1-10(2,3)9-12-8(13-14-9)7(11)5-6-15-4/h7H,5-6,11H2,1-4H3. The highest BCUT2D eigenvalue weighted by atomic mass is 32.2. The van der Waals surface area contributed by atoms with Crippen molar-refractivity contribution >= 4 is 11.8 Å². The first kappa shape index (κ1) is 12.5. The fraction of sp³-hybridized carbons (Fsp3) is 0.800. The van der Waals surface area contributed by atoms with Crippen LogP contribution in [0.25, 0.3) is 0 Å². The van der Waals surface area contributed by atoms with Crippen molar-refractivity contribution in [2.75, 3.05) is 12.0 Å². The molecule has 0 saturated carbocycles. The number of rotatable bonds is 4. The molecule has 1 aromatic heterocycles. The maximum absolute atomic E-state index is 5.94. The molecule has 15 heavy (non-hydrogen) atoms. The van der Waals surface area contributed by atoms with Gasteiger partial charge in [-0.1, -0.05) is 25.9 Å². The summed E-state index contributed by atoms with van der Waals surface area (Å²) in [4.78, 5) is 4.32. The summed E-state index contributed by atoms with van der Waals surface area (Å²) in [6, 6.07) is -0.114. The molecule has 1 aromatic rings. The molecule has 86 valence electrons. The second kappa shape index (κ2) is 4.99. The van der Waals surface area contributed by atoms with Gasteiger partial charge in [0.2, 0.25) is 5.89 Å². The number of thioether (sulfide) groups is 1. The highest BCUT2D eigenvalue weighted by Gasteiger charge is 2.23. The van der Waals surface area contributed by atoms with Crippen molar-refractivity contribution < 1.29 is 4.52 Å². The lowest BCUT2D eigenvalue weighted by Gasteiger charge is -2.10. The van der Waals surface area contributed by atoms with Crippen molar-refractivity contribution in [3.8, 4) is 0 Å². The maximum atomic E-state index is 5.94. The summed E-state index contributed by atoms with van der Waals surface area (Å²) in [7, 11) is 0. The van der Waals surface area contributed by atoms with Gasteiger partial charge in [0.25, 0.3) is 0 Å². The SMILES string of the molecule is CSCCC(N)c1noc(C(C)(C)C)n1. The predicted molar refractivity (Wildman–Crippen MR) is 62.9 cm³/mol. The first-order valence-corrected chi connectivity index (χ1v) is 6.43. The normalized spacial score (nSPS) is 14.2. The summed E-state index contributed by atoms with van der Waals surface area (Å²) < 4.78 is 5.18. The van der Waals surface area contributed by atoms with E-state index in [-0.39, 0.29) is 11.5 Å². The molecule has 0 amide bonds. The van der Waals surface area contributed by atoms with Crippen LogP contribution in [0.4, 0.5) is 0 Å². The van der Waals surface area contributed by atoms with E-state index in [0.29, 0.717) is 11.7 Å². The Morgan fingerprint density at radius 1 is 1.47 bits per heavy atom. The van der Waals surface area contributed by atoms with Gasteiger partial charge in [0.15, 0.2) is 5.82 Å². The molecule has 1 rings (SSSR count). The summed E-state index contributed by atoms with van der Waals surface area (Å²) in [6.45, 7) is 6.12. The summed E-state index contributed by atoms with van der Waals surface area (Å²) in [6.07, 6.45) is 2.94. The molecule has 0 aliphatic carbocycles. The first-order valence-electron chi connectivity index (χ1n) is 5.03. The zero-order valence-corrected chi connectivity index (χ0v) is 10.6. The fourth-order valence-electron chi connectivity index (χ4n) is 1.06. The van der Waals surface area contributed by atoms with Gasteiger partial charge in [0.1, 0.15) is 0 Å². The van der Waals surface area contributed by atoms with Crippen molar-refractivity contribution in [3.05, 3.63) is 11.7 Å². The van der Waals surface area contributed by atoms with Gasteiger partial charge in [-0.25, -0.2) is 0 Å². The van der Waals surface area contributed by atoms with Gasteiger partial charge in [-0.3, -0.25) is 0 Å². The minimum Gasteiger partial charge on any atom is -0.339 e. The Kier molecular flexibility index (Phi) is 4.16. The van der Waals surface area contributed by atoms with Crippen LogP contribution in [0.2, 0.25) is 0 Å². The Hall–Kier alpha value is -0.550. The van der Waals surface area contributed by atoms with E-state index in [1.54, 1.807) is 11.8 Å². The highest BCUT2D eigenvalue weighted by Crippen LogP contribution is 2.22. The molecule has 0 fully saturated rings. The van der Waals surface area contributed by atoms with Gasteiger partial charge in [-0.2, -0.15) is 16.7 Å². The van der Waals surface area contributed by atoms with Gasteiger partial charge in [0, 0.05) is 5.41 Å². The molecular weight excluding hydrogens is 210 g/mol. The molecule has 0 saturated heterocycles. The third-order valence-corrected chi connectivity index (χ3v) is 2.69. The van der Waals surface area contributed by atoms with Crippen LogP contribution >= 0.6 is 11.8 Å². The topological polar surface area (TPSA) is 64.9 Å². The predicted octanol–water partition coefficient (Wildman–Crippen LogP) is 2.12. The van der Waals surface area contributed by atoms with Gasteiger partial charge in [-0.15, -0.1) is 0 Å². The summed E-state index contributed by atoms with van der Waals surface area (Å²) in [5, 5.41) is 3.92. The van der Waals surface area contributed by atoms with Gasteiger partial charge >= 0.3 is 0 Å². The zero-order valence-electron chi connectivity index (χ0n) is 9.78. The minimum absolute atomic E-state index is 0.107. The highest BCUT2D eigenvalue weighted by molar-refractivity contribution is 7.98. The number of aromatic nitrogens is 2. The van der Waals surface area contributed by atoms with Crippen LogP contribution in [0.5, 0.6) is 0 Å². The smallest absolute Gasteiger partial charge is 0.232 e. The second-order valence-corrected chi connectivity index (χ2v) is 5.58.